The first-order valence-electron chi connectivity index (χ1n) is 9.24. The van der Waals surface area contributed by atoms with Gasteiger partial charge in [-0.2, -0.15) is 0 Å². The normalized spacial score (nSPS) is 11.9. The minimum absolute atomic E-state index is 0.106. The molecule has 0 spiro atoms. The summed E-state index contributed by atoms with van der Waals surface area (Å²) >= 11 is 0. The third-order valence-corrected chi connectivity index (χ3v) is 4.67. The Balaban J connectivity index is 1.59. The molecular formula is C23H21N3O3. The number of benzene rings is 3. The van der Waals surface area contributed by atoms with Crippen molar-refractivity contribution in [3.63, 3.8) is 0 Å². The number of aromatic amines is 1. The van der Waals surface area contributed by atoms with Gasteiger partial charge in [0.1, 0.15) is 24.3 Å². The Morgan fingerprint density at radius 3 is 2.38 bits per heavy atom. The maximum Gasteiger partial charge on any atom is 0.279 e. The van der Waals surface area contributed by atoms with Crippen molar-refractivity contribution in [1.29, 1.82) is 0 Å². The summed E-state index contributed by atoms with van der Waals surface area (Å²) in [6.07, 6.45) is -1.18. The number of aliphatic hydroxyl groups excluding tert-OH is 1. The smallest absolute Gasteiger partial charge is 0.279 e. The lowest BCUT2D eigenvalue weighted by atomic mass is 10.0. The zero-order valence-electron chi connectivity index (χ0n) is 15.7. The molecule has 0 aliphatic heterocycles. The Bertz CT molecular complexity index is 1150. The standard InChI is InChI=1S/C23H21N3O3/c24-22-20(23(28)26(25-22)18-11-5-2-6-12-18)21(27)17-10-7-13-19(14-17)29-15-16-8-3-1-4-9-16/h1-14,21,25,27H,15,24H2/t21-/m0/s1. The average molecular weight is 387 g/mol. The third-order valence-electron chi connectivity index (χ3n) is 4.67. The van der Waals surface area contributed by atoms with Gasteiger partial charge in [0, 0.05) is 0 Å². The van der Waals surface area contributed by atoms with Gasteiger partial charge in [-0.1, -0.05) is 60.7 Å². The van der Waals surface area contributed by atoms with E-state index in [0.717, 1.165) is 5.56 Å². The Hall–Kier alpha value is -3.77. The van der Waals surface area contributed by atoms with Crippen LogP contribution in [0, 0.1) is 0 Å². The molecule has 4 rings (SSSR count). The molecule has 1 atom stereocenters. The highest BCUT2D eigenvalue weighted by Gasteiger charge is 2.22. The van der Waals surface area contributed by atoms with E-state index < -0.39 is 11.7 Å². The van der Waals surface area contributed by atoms with Crippen LogP contribution in [0.2, 0.25) is 0 Å². The van der Waals surface area contributed by atoms with Gasteiger partial charge in [-0.25, -0.2) is 4.68 Å². The first kappa shape index (κ1) is 18.6. The molecule has 4 aromatic rings. The number of aromatic nitrogens is 2. The lowest BCUT2D eigenvalue weighted by Gasteiger charge is -2.12. The fourth-order valence-corrected chi connectivity index (χ4v) is 3.17. The average Bonchev–Trinajstić information content (AvgIpc) is 3.07. The van der Waals surface area contributed by atoms with Gasteiger partial charge in [-0.3, -0.25) is 9.89 Å². The van der Waals surface area contributed by atoms with Crippen LogP contribution in [0.5, 0.6) is 5.75 Å². The number of hydrogen-bond acceptors (Lipinski definition) is 4. The predicted molar refractivity (Wildman–Crippen MR) is 112 cm³/mol. The molecule has 3 aromatic carbocycles. The van der Waals surface area contributed by atoms with Crippen LogP contribution in [0.3, 0.4) is 0 Å². The molecule has 1 aromatic heterocycles. The Kier molecular flexibility index (Phi) is 5.18. The van der Waals surface area contributed by atoms with Gasteiger partial charge in [-0.05, 0) is 35.4 Å². The topological polar surface area (TPSA) is 93.3 Å². The Labute approximate surface area is 167 Å². The molecule has 0 saturated heterocycles. The maximum atomic E-state index is 12.9. The van der Waals surface area contributed by atoms with E-state index in [0.29, 0.717) is 23.6 Å². The van der Waals surface area contributed by atoms with Crippen LogP contribution < -0.4 is 16.0 Å². The van der Waals surface area contributed by atoms with Crippen molar-refractivity contribution < 1.29 is 9.84 Å². The first-order valence-corrected chi connectivity index (χ1v) is 9.24. The molecule has 6 nitrogen and oxygen atoms in total. The summed E-state index contributed by atoms with van der Waals surface area (Å²) in [4.78, 5) is 12.9. The number of anilines is 1. The molecule has 0 unspecified atom stereocenters. The fraction of sp³-hybridized carbons (Fsp3) is 0.0870. The minimum atomic E-state index is -1.18. The summed E-state index contributed by atoms with van der Waals surface area (Å²) in [6, 6.07) is 25.9. The first-order chi connectivity index (χ1) is 14.1. The number of nitrogens with one attached hydrogen (secondary N) is 1. The van der Waals surface area contributed by atoms with Crippen LogP contribution in [0.1, 0.15) is 22.8 Å². The number of para-hydroxylation sites is 1. The van der Waals surface area contributed by atoms with Gasteiger partial charge in [0.2, 0.25) is 0 Å². The van der Waals surface area contributed by atoms with Crippen LogP contribution in [-0.2, 0) is 6.61 Å². The minimum Gasteiger partial charge on any atom is -0.489 e. The number of nitrogens with zero attached hydrogens (tertiary/aromatic N) is 1. The third kappa shape index (κ3) is 3.93. The number of aliphatic hydroxyl groups is 1. The number of nitrogen functional groups attached to an aromatic ring is 1. The van der Waals surface area contributed by atoms with Crippen LogP contribution in [-0.4, -0.2) is 14.9 Å². The second-order valence-corrected chi connectivity index (χ2v) is 6.66. The number of H-pyrrole nitrogens is 1. The summed E-state index contributed by atoms with van der Waals surface area (Å²) in [6.45, 7) is 0.410. The molecule has 0 radical (unpaired) electrons. The molecule has 0 fully saturated rings. The van der Waals surface area contributed by atoms with Gasteiger partial charge in [0.05, 0.1) is 11.3 Å². The Morgan fingerprint density at radius 2 is 1.66 bits per heavy atom. The van der Waals surface area contributed by atoms with Crippen molar-refractivity contribution in [3.8, 4) is 11.4 Å². The van der Waals surface area contributed by atoms with Crippen LogP contribution in [0.25, 0.3) is 5.69 Å². The Morgan fingerprint density at radius 1 is 0.966 bits per heavy atom. The highest BCUT2D eigenvalue weighted by molar-refractivity contribution is 5.47. The second-order valence-electron chi connectivity index (χ2n) is 6.66. The number of hydrogen-bond donors (Lipinski definition) is 3. The van der Waals surface area contributed by atoms with Gasteiger partial charge in [0.15, 0.2) is 0 Å². The van der Waals surface area contributed by atoms with Gasteiger partial charge < -0.3 is 15.6 Å². The van der Waals surface area contributed by atoms with E-state index in [1.54, 1.807) is 30.3 Å². The molecule has 1 heterocycles. The summed E-state index contributed by atoms with van der Waals surface area (Å²) in [5, 5.41) is 13.7. The van der Waals surface area contributed by atoms with Crippen molar-refractivity contribution in [2.75, 3.05) is 5.73 Å². The van der Waals surface area contributed by atoms with E-state index in [-0.39, 0.29) is 11.4 Å². The molecule has 4 N–H and O–H groups in total. The molecule has 0 amide bonds. The highest BCUT2D eigenvalue weighted by atomic mass is 16.5. The lowest BCUT2D eigenvalue weighted by Crippen LogP contribution is -2.20. The molecular weight excluding hydrogens is 366 g/mol. The summed E-state index contributed by atoms with van der Waals surface area (Å²) in [5.41, 5.74) is 7.95. The molecule has 0 aliphatic carbocycles. The van der Waals surface area contributed by atoms with Crippen LogP contribution in [0.15, 0.2) is 89.7 Å². The van der Waals surface area contributed by atoms with E-state index in [1.165, 1.54) is 4.68 Å². The fourth-order valence-electron chi connectivity index (χ4n) is 3.17. The van der Waals surface area contributed by atoms with E-state index in [1.807, 2.05) is 54.6 Å². The zero-order valence-corrected chi connectivity index (χ0v) is 15.7. The van der Waals surface area contributed by atoms with E-state index in [4.69, 9.17) is 10.5 Å². The molecule has 0 saturated carbocycles. The largest absolute Gasteiger partial charge is 0.489 e. The van der Waals surface area contributed by atoms with Crippen LogP contribution >= 0.6 is 0 Å². The van der Waals surface area contributed by atoms with E-state index >= 15 is 0 Å². The van der Waals surface area contributed by atoms with Gasteiger partial charge in [-0.15, -0.1) is 0 Å². The van der Waals surface area contributed by atoms with Crippen molar-refractivity contribution >= 4 is 5.82 Å². The second kappa shape index (κ2) is 8.08. The van der Waals surface area contributed by atoms with E-state index in [2.05, 4.69) is 5.10 Å². The zero-order chi connectivity index (χ0) is 20.2. The van der Waals surface area contributed by atoms with Crippen LogP contribution in [0.4, 0.5) is 5.82 Å². The molecule has 0 bridgehead atoms. The SMILES string of the molecule is Nc1[nH]n(-c2ccccc2)c(=O)c1[C@@H](O)c1cccc(OCc2ccccc2)c1. The highest BCUT2D eigenvalue weighted by Crippen LogP contribution is 2.27. The quantitative estimate of drug-likeness (QED) is 0.473. The van der Waals surface area contributed by atoms with Crippen molar-refractivity contribution in [2.24, 2.45) is 0 Å². The van der Waals surface area contributed by atoms with Crippen molar-refractivity contribution in [1.82, 2.24) is 9.78 Å². The summed E-state index contributed by atoms with van der Waals surface area (Å²) in [5.74, 6) is 0.727. The van der Waals surface area contributed by atoms with Crippen molar-refractivity contribution in [3.05, 3.63) is 112 Å². The molecule has 146 valence electrons. The van der Waals surface area contributed by atoms with E-state index in [9.17, 15) is 9.90 Å². The lowest BCUT2D eigenvalue weighted by molar-refractivity contribution is 0.218. The van der Waals surface area contributed by atoms with Crippen molar-refractivity contribution in [2.45, 2.75) is 12.7 Å². The molecule has 29 heavy (non-hydrogen) atoms. The van der Waals surface area contributed by atoms with Gasteiger partial charge >= 0.3 is 0 Å². The maximum absolute atomic E-state index is 12.9. The monoisotopic (exact) mass is 387 g/mol. The number of nitrogens with two attached hydrogens (primary N) is 1. The summed E-state index contributed by atoms with van der Waals surface area (Å²) in [7, 11) is 0. The predicted octanol–water partition coefficient (Wildman–Crippen LogP) is 3.41. The van der Waals surface area contributed by atoms with Gasteiger partial charge in [0.25, 0.3) is 5.56 Å². The number of ether oxygens (including phenoxy) is 1. The molecule has 0 aliphatic rings. The summed E-state index contributed by atoms with van der Waals surface area (Å²) < 4.78 is 7.14. The number of rotatable bonds is 6. The molecule has 6 heteroatoms.